The summed E-state index contributed by atoms with van der Waals surface area (Å²) in [6, 6.07) is 0. The molecule has 25 heavy (non-hydrogen) atoms. The molecule has 1 rings (SSSR count). The molecule has 1 N–H and O–H groups in total. The average Bonchev–Trinajstić information content (AvgIpc) is 2.62. The monoisotopic (exact) mass is 379 g/mol. The first-order valence-corrected chi connectivity index (χ1v) is 10.9. The van der Waals surface area contributed by atoms with E-state index in [0.717, 1.165) is 38.8 Å². The lowest BCUT2D eigenvalue weighted by molar-refractivity contribution is 0.0350. The Hall–Kier alpha value is -0.610. The molecule has 0 radical (unpaired) electrons. The van der Waals surface area contributed by atoms with Gasteiger partial charge in [0.2, 0.25) is 16.3 Å². The lowest BCUT2D eigenvalue weighted by Crippen LogP contribution is -2.45. The van der Waals surface area contributed by atoms with Gasteiger partial charge in [-0.1, -0.05) is 39.0 Å². The van der Waals surface area contributed by atoms with Gasteiger partial charge in [0, 0.05) is 26.2 Å². The van der Waals surface area contributed by atoms with E-state index in [9.17, 15) is 18.4 Å². The Balaban J connectivity index is 2.48. The number of ether oxygens (including phenoxy) is 1. The van der Waals surface area contributed by atoms with Gasteiger partial charge in [0.25, 0.3) is 0 Å². The molecule has 1 aliphatic heterocycles. The molecule has 0 spiro atoms. The summed E-state index contributed by atoms with van der Waals surface area (Å²) in [6.07, 6.45) is 4.46. The van der Waals surface area contributed by atoms with Crippen molar-refractivity contribution in [2.75, 3.05) is 51.7 Å². The highest BCUT2D eigenvalue weighted by Gasteiger charge is 2.25. The van der Waals surface area contributed by atoms with Gasteiger partial charge in [-0.3, -0.25) is 4.90 Å². The number of sulfonamides is 1. The van der Waals surface area contributed by atoms with Gasteiger partial charge in [-0.25, -0.2) is 8.42 Å². The van der Waals surface area contributed by atoms with Gasteiger partial charge in [0.05, 0.1) is 25.5 Å². The van der Waals surface area contributed by atoms with E-state index >= 15 is 0 Å². The van der Waals surface area contributed by atoms with Crippen LogP contribution in [-0.2, 0) is 14.8 Å². The van der Waals surface area contributed by atoms with Gasteiger partial charge in [0.15, 0.2) is 0 Å². The van der Waals surface area contributed by atoms with E-state index in [2.05, 4.69) is 17.0 Å². The molecule has 9 heteroatoms. The SMILES string of the molecule is CCCCCCCCS(=O)(=O)N(CCN1CCOCC1)CC(O)N=O. The van der Waals surface area contributed by atoms with Crippen LogP contribution in [0.4, 0.5) is 0 Å². The van der Waals surface area contributed by atoms with Crippen molar-refractivity contribution in [3.05, 3.63) is 4.91 Å². The molecule has 0 saturated carbocycles. The van der Waals surface area contributed by atoms with Gasteiger partial charge in [-0.15, -0.1) is 4.91 Å². The largest absolute Gasteiger partial charge is 0.379 e. The van der Waals surface area contributed by atoms with Gasteiger partial charge in [-0.2, -0.15) is 4.31 Å². The van der Waals surface area contributed by atoms with E-state index < -0.39 is 16.3 Å². The van der Waals surface area contributed by atoms with E-state index in [0.29, 0.717) is 26.2 Å². The van der Waals surface area contributed by atoms with Crippen molar-refractivity contribution in [1.29, 1.82) is 0 Å². The Morgan fingerprint density at radius 3 is 2.44 bits per heavy atom. The van der Waals surface area contributed by atoms with Crippen molar-refractivity contribution in [1.82, 2.24) is 9.21 Å². The fraction of sp³-hybridized carbons (Fsp3) is 1.00. The van der Waals surface area contributed by atoms with Crippen molar-refractivity contribution < 1.29 is 18.3 Å². The lowest BCUT2D eigenvalue weighted by atomic mass is 10.1. The zero-order valence-corrected chi connectivity index (χ0v) is 16.1. The number of hydrogen-bond donors (Lipinski definition) is 1. The molecule has 1 heterocycles. The number of aliphatic hydroxyl groups excluding tert-OH is 1. The van der Waals surface area contributed by atoms with Crippen LogP contribution in [0, 0.1) is 4.91 Å². The number of nitroso groups, excluding NO2 is 1. The van der Waals surface area contributed by atoms with Crippen LogP contribution >= 0.6 is 0 Å². The highest BCUT2D eigenvalue weighted by Crippen LogP contribution is 2.11. The minimum atomic E-state index is -3.50. The third-order valence-electron chi connectivity index (χ3n) is 4.41. The average molecular weight is 380 g/mol. The Kier molecular flexibility index (Phi) is 11.4. The van der Waals surface area contributed by atoms with Crippen LogP contribution < -0.4 is 0 Å². The number of unbranched alkanes of at least 4 members (excludes halogenated alkanes) is 5. The van der Waals surface area contributed by atoms with Gasteiger partial charge < -0.3 is 9.84 Å². The lowest BCUT2D eigenvalue weighted by Gasteiger charge is -2.29. The molecular formula is C16H33N3O5S. The van der Waals surface area contributed by atoms with Gasteiger partial charge >= 0.3 is 0 Å². The fourth-order valence-electron chi connectivity index (χ4n) is 2.83. The quantitative estimate of drug-likeness (QED) is 0.362. The highest BCUT2D eigenvalue weighted by molar-refractivity contribution is 7.89. The summed E-state index contributed by atoms with van der Waals surface area (Å²) in [5.74, 6) is 0.0494. The number of rotatable bonds is 14. The standard InChI is InChI=1S/C16H33N3O5S/c1-2-3-4-5-6-7-14-25(22,23)19(15-16(20)17-21)9-8-18-10-12-24-13-11-18/h16,20H,2-15H2,1H3. The van der Waals surface area contributed by atoms with Crippen LogP contribution in [0.25, 0.3) is 0 Å². The predicted molar refractivity (Wildman–Crippen MR) is 97.8 cm³/mol. The molecule has 1 aliphatic rings. The smallest absolute Gasteiger partial charge is 0.214 e. The van der Waals surface area contributed by atoms with Crippen LogP contribution in [0.15, 0.2) is 5.18 Å². The maximum Gasteiger partial charge on any atom is 0.214 e. The summed E-state index contributed by atoms with van der Waals surface area (Å²) in [5.41, 5.74) is 0. The Bertz CT molecular complexity index is 455. The third-order valence-corrected chi connectivity index (χ3v) is 6.33. The second-order valence-corrected chi connectivity index (χ2v) is 8.57. The van der Waals surface area contributed by atoms with E-state index in [1.807, 2.05) is 0 Å². The first-order chi connectivity index (χ1) is 12.0. The first-order valence-electron chi connectivity index (χ1n) is 9.28. The number of aliphatic hydroxyl groups is 1. The molecule has 0 aliphatic carbocycles. The molecule has 1 atom stereocenters. The predicted octanol–water partition coefficient (Wildman–Crippen LogP) is 1.40. The molecule has 8 nitrogen and oxygen atoms in total. The summed E-state index contributed by atoms with van der Waals surface area (Å²) in [7, 11) is -3.50. The zero-order valence-electron chi connectivity index (χ0n) is 15.3. The molecular weight excluding hydrogens is 346 g/mol. The van der Waals surface area contributed by atoms with Gasteiger partial charge in [0.1, 0.15) is 0 Å². The molecule has 148 valence electrons. The minimum Gasteiger partial charge on any atom is -0.379 e. The topological polar surface area (TPSA) is 99.5 Å². The molecule has 0 aromatic heterocycles. The molecule has 0 aromatic carbocycles. The fourth-order valence-corrected chi connectivity index (χ4v) is 4.38. The second kappa shape index (κ2) is 12.7. The molecule has 0 bridgehead atoms. The maximum absolute atomic E-state index is 12.6. The van der Waals surface area contributed by atoms with Crippen LogP contribution in [0.1, 0.15) is 45.4 Å². The molecule has 1 unspecified atom stereocenters. The number of morpholine rings is 1. The van der Waals surface area contributed by atoms with Gasteiger partial charge in [-0.05, 0) is 11.6 Å². The third kappa shape index (κ3) is 9.60. The number of hydrogen-bond acceptors (Lipinski definition) is 7. The Morgan fingerprint density at radius 2 is 1.80 bits per heavy atom. The second-order valence-electron chi connectivity index (χ2n) is 6.48. The summed E-state index contributed by atoms with van der Waals surface area (Å²) in [5, 5.41) is 12.0. The van der Waals surface area contributed by atoms with Crippen molar-refractivity contribution >= 4 is 10.0 Å². The molecule has 1 fully saturated rings. The van der Waals surface area contributed by atoms with Crippen molar-refractivity contribution in [3.8, 4) is 0 Å². The zero-order chi connectivity index (χ0) is 18.5. The molecule has 0 aromatic rings. The van der Waals surface area contributed by atoms with Crippen LogP contribution in [0.2, 0.25) is 0 Å². The van der Waals surface area contributed by atoms with Crippen LogP contribution in [0.3, 0.4) is 0 Å². The van der Waals surface area contributed by atoms with E-state index in [4.69, 9.17) is 4.74 Å². The van der Waals surface area contributed by atoms with E-state index in [1.165, 1.54) is 10.7 Å². The van der Waals surface area contributed by atoms with Crippen molar-refractivity contribution in [2.45, 2.75) is 51.7 Å². The first kappa shape index (κ1) is 22.4. The summed E-state index contributed by atoms with van der Waals surface area (Å²) < 4.78 is 31.6. The number of nitrogens with zero attached hydrogens (tertiary/aromatic N) is 3. The van der Waals surface area contributed by atoms with E-state index in [1.54, 1.807) is 0 Å². The minimum absolute atomic E-state index is 0.0494. The summed E-state index contributed by atoms with van der Waals surface area (Å²) >= 11 is 0. The molecule has 0 amide bonds. The summed E-state index contributed by atoms with van der Waals surface area (Å²) in [4.78, 5) is 12.6. The van der Waals surface area contributed by atoms with Crippen LogP contribution in [-0.4, -0.2) is 80.6 Å². The Labute approximate surface area is 151 Å². The molecule has 1 saturated heterocycles. The van der Waals surface area contributed by atoms with Crippen LogP contribution in [0.5, 0.6) is 0 Å². The highest BCUT2D eigenvalue weighted by atomic mass is 32.2. The van der Waals surface area contributed by atoms with E-state index in [-0.39, 0.29) is 18.8 Å². The Morgan fingerprint density at radius 1 is 1.16 bits per heavy atom. The van der Waals surface area contributed by atoms with Crippen molar-refractivity contribution in [2.24, 2.45) is 5.18 Å². The normalized spacial score (nSPS) is 17.7. The maximum atomic E-state index is 12.6. The summed E-state index contributed by atoms with van der Waals surface area (Å²) in [6.45, 7) is 5.50. The van der Waals surface area contributed by atoms with Crippen molar-refractivity contribution in [3.63, 3.8) is 0 Å².